The lowest BCUT2D eigenvalue weighted by molar-refractivity contribution is -0.127. The van der Waals surface area contributed by atoms with Crippen molar-refractivity contribution in [2.75, 3.05) is 23.7 Å². The van der Waals surface area contributed by atoms with E-state index in [0.29, 0.717) is 16.3 Å². The van der Waals surface area contributed by atoms with Gasteiger partial charge >= 0.3 is 0 Å². The molecule has 0 spiro atoms. The van der Waals surface area contributed by atoms with Crippen LogP contribution in [0.4, 0.5) is 5.69 Å². The number of amides is 1. The van der Waals surface area contributed by atoms with Crippen LogP contribution in [0.1, 0.15) is 24.8 Å². The van der Waals surface area contributed by atoms with Crippen molar-refractivity contribution in [2.24, 2.45) is 5.92 Å². The molecule has 0 bridgehead atoms. The zero-order valence-electron chi connectivity index (χ0n) is 12.8. The smallest absolute Gasteiger partial charge is 0.232 e. The summed E-state index contributed by atoms with van der Waals surface area (Å²) in [6, 6.07) is 5.16. The van der Waals surface area contributed by atoms with E-state index in [1.807, 2.05) is 0 Å². The lowest BCUT2D eigenvalue weighted by Gasteiger charge is -2.27. The Morgan fingerprint density at radius 1 is 1.41 bits per heavy atom. The van der Waals surface area contributed by atoms with Crippen molar-refractivity contribution < 1.29 is 13.2 Å². The van der Waals surface area contributed by atoms with E-state index in [4.69, 9.17) is 11.6 Å². The van der Waals surface area contributed by atoms with Gasteiger partial charge in [0.05, 0.1) is 18.5 Å². The van der Waals surface area contributed by atoms with E-state index in [2.05, 4.69) is 5.32 Å². The minimum atomic E-state index is -3.44. The lowest BCUT2D eigenvalue weighted by Crippen LogP contribution is -2.41. The van der Waals surface area contributed by atoms with Gasteiger partial charge in [0, 0.05) is 17.5 Å². The number of anilines is 1. The van der Waals surface area contributed by atoms with Crippen LogP contribution in [-0.2, 0) is 14.8 Å². The third kappa shape index (κ3) is 3.93. The zero-order valence-corrected chi connectivity index (χ0v) is 14.4. The third-order valence-electron chi connectivity index (χ3n) is 4.00. The van der Waals surface area contributed by atoms with Crippen molar-refractivity contribution >= 4 is 33.2 Å². The Morgan fingerprint density at radius 2 is 2.09 bits per heavy atom. The molecule has 1 fully saturated rings. The van der Waals surface area contributed by atoms with Crippen molar-refractivity contribution in [1.29, 1.82) is 0 Å². The fraction of sp³-hybridized carbons (Fsp3) is 0.533. The number of hydrogen-bond acceptors (Lipinski definition) is 3. The SMILES string of the molecule is Cc1c(Cl)cccc1N(CCNC(=O)C1CCC1)S(C)(=O)=O. The summed E-state index contributed by atoms with van der Waals surface area (Å²) in [5, 5.41) is 3.33. The number of sulfonamides is 1. The number of carbonyl (C=O) groups is 1. The molecule has 22 heavy (non-hydrogen) atoms. The Balaban J connectivity index is 2.07. The molecule has 1 aliphatic rings. The second kappa shape index (κ2) is 6.87. The highest BCUT2D eigenvalue weighted by atomic mass is 35.5. The second-order valence-corrected chi connectivity index (χ2v) is 7.95. The van der Waals surface area contributed by atoms with Gasteiger partial charge in [-0.25, -0.2) is 8.42 Å². The highest BCUT2D eigenvalue weighted by Gasteiger charge is 2.25. The molecule has 1 saturated carbocycles. The Morgan fingerprint density at radius 3 is 2.64 bits per heavy atom. The van der Waals surface area contributed by atoms with Crippen LogP contribution in [-0.4, -0.2) is 33.7 Å². The molecule has 7 heteroatoms. The second-order valence-electron chi connectivity index (χ2n) is 5.64. The first-order chi connectivity index (χ1) is 10.3. The Kier molecular flexibility index (Phi) is 5.34. The van der Waals surface area contributed by atoms with Crippen molar-refractivity contribution in [3.05, 3.63) is 28.8 Å². The Bertz CT molecular complexity index is 657. The van der Waals surface area contributed by atoms with Gasteiger partial charge in [0.2, 0.25) is 15.9 Å². The minimum absolute atomic E-state index is 0.0162. The van der Waals surface area contributed by atoms with E-state index in [-0.39, 0.29) is 24.9 Å². The van der Waals surface area contributed by atoms with Crippen molar-refractivity contribution in [3.63, 3.8) is 0 Å². The van der Waals surface area contributed by atoms with E-state index < -0.39 is 10.0 Å². The number of hydrogen-bond donors (Lipinski definition) is 1. The van der Waals surface area contributed by atoms with Crippen LogP contribution in [0.15, 0.2) is 18.2 Å². The molecule has 1 amide bonds. The van der Waals surface area contributed by atoms with Crippen LogP contribution in [0.25, 0.3) is 0 Å². The van der Waals surface area contributed by atoms with Gasteiger partial charge in [-0.15, -0.1) is 0 Å². The van der Waals surface area contributed by atoms with Gasteiger partial charge in [-0.1, -0.05) is 24.1 Å². The van der Waals surface area contributed by atoms with E-state index >= 15 is 0 Å². The fourth-order valence-corrected chi connectivity index (χ4v) is 3.57. The van der Waals surface area contributed by atoms with E-state index in [9.17, 15) is 13.2 Å². The molecule has 0 unspecified atom stereocenters. The molecule has 1 aliphatic carbocycles. The monoisotopic (exact) mass is 344 g/mol. The van der Waals surface area contributed by atoms with Crippen LogP contribution in [0.3, 0.4) is 0 Å². The minimum Gasteiger partial charge on any atom is -0.354 e. The molecule has 0 radical (unpaired) electrons. The fourth-order valence-electron chi connectivity index (χ4n) is 2.43. The van der Waals surface area contributed by atoms with Crippen LogP contribution >= 0.6 is 11.6 Å². The molecule has 122 valence electrons. The number of carbonyl (C=O) groups excluding carboxylic acids is 1. The van der Waals surface area contributed by atoms with Gasteiger partial charge in [-0.3, -0.25) is 9.10 Å². The number of nitrogens with zero attached hydrogens (tertiary/aromatic N) is 1. The van der Waals surface area contributed by atoms with Crippen LogP contribution in [0, 0.1) is 12.8 Å². The largest absolute Gasteiger partial charge is 0.354 e. The molecular formula is C15H21ClN2O3S. The summed E-state index contributed by atoms with van der Waals surface area (Å²) in [5.74, 6) is 0.113. The quantitative estimate of drug-likeness (QED) is 0.861. The predicted octanol–water partition coefficient (Wildman–Crippen LogP) is 2.33. The number of halogens is 1. The van der Waals surface area contributed by atoms with Crippen molar-refractivity contribution in [1.82, 2.24) is 5.32 Å². The summed E-state index contributed by atoms with van der Waals surface area (Å²) in [7, 11) is -3.44. The molecule has 0 saturated heterocycles. The van der Waals surface area contributed by atoms with E-state index in [1.54, 1.807) is 25.1 Å². The Hall–Kier alpha value is -1.27. The summed E-state index contributed by atoms with van der Waals surface area (Å²) in [5.41, 5.74) is 1.26. The average molecular weight is 345 g/mol. The molecule has 2 rings (SSSR count). The zero-order chi connectivity index (χ0) is 16.3. The van der Waals surface area contributed by atoms with Crippen LogP contribution < -0.4 is 9.62 Å². The standard InChI is InChI=1S/C15H21ClN2O3S/c1-11-13(16)7-4-8-14(11)18(22(2,20)21)10-9-17-15(19)12-5-3-6-12/h4,7-8,12H,3,5-6,9-10H2,1-2H3,(H,17,19). The number of nitrogens with one attached hydrogen (secondary N) is 1. The van der Waals surface area contributed by atoms with Gasteiger partial charge < -0.3 is 5.32 Å². The van der Waals surface area contributed by atoms with E-state index in [1.165, 1.54) is 4.31 Å². The van der Waals surface area contributed by atoms with Gasteiger partial charge in [0.25, 0.3) is 0 Å². The average Bonchev–Trinajstić information content (AvgIpc) is 2.35. The van der Waals surface area contributed by atoms with Crippen LogP contribution in [0.2, 0.25) is 5.02 Å². The van der Waals surface area contributed by atoms with Gasteiger partial charge in [0.15, 0.2) is 0 Å². The highest BCUT2D eigenvalue weighted by Crippen LogP contribution is 2.28. The summed E-state index contributed by atoms with van der Waals surface area (Å²) in [6.07, 6.45) is 4.10. The van der Waals surface area contributed by atoms with Crippen LogP contribution in [0.5, 0.6) is 0 Å². The lowest BCUT2D eigenvalue weighted by atomic mass is 9.85. The molecule has 0 aliphatic heterocycles. The van der Waals surface area contributed by atoms with Gasteiger partial charge in [0.1, 0.15) is 0 Å². The first-order valence-corrected chi connectivity index (χ1v) is 9.54. The molecule has 0 atom stereocenters. The van der Waals surface area contributed by atoms with Gasteiger partial charge in [-0.2, -0.15) is 0 Å². The topological polar surface area (TPSA) is 66.5 Å². The molecule has 1 aromatic carbocycles. The third-order valence-corrected chi connectivity index (χ3v) is 5.59. The van der Waals surface area contributed by atoms with E-state index in [0.717, 1.165) is 25.5 Å². The summed E-state index contributed by atoms with van der Waals surface area (Å²) in [4.78, 5) is 11.8. The van der Waals surface area contributed by atoms with Gasteiger partial charge in [-0.05, 0) is 37.5 Å². The maximum Gasteiger partial charge on any atom is 0.232 e. The molecular weight excluding hydrogens is 324 g/mol. The summed E-state index contributed by atoms with van der Waals surface area (Å²) in [6.45, 7) is 2.26. The van der Waals surface area contributed by atoms with Crippen molar-refractivity contribution in [3.8, 4) is 0 Å². The molecule has 1 aromatic rings. The number of rotatable bonds is 6. The maximum atomic E-state index is 12.0. The first-order valence-electron chi connectivity index (χ1n) is 7.31. The molecule has 5 nitrogen and oxygen atoms in total. The maximum absolute atomic E-state index is 12.0. The highest BCUT2D eigenvalue weighted by molar-refractivity contribution is 7.92. The predicted molar refractivity (Wildman–Crippen MR) is 88.7 cm³/mol. The molecule has 0 aromatic heterocycles. The number of benzene rings is 1. The normalized spacial score (nSPS) is 15.2. The molecule has 0 heterocycles. The van der Waals surface area contributed by atoms with Crippen molar-refractivity contribution in [2.45, 2.75) is 26.2 Å². The molecule has 1 N–H and O–H groups in total. The summed E-state index contributed by atoms with van der Waals surface area (Å²) >= 11 is 6.07. The summed E-state index contributed by atoms with van der Waals surface area (Å²) < 4.78 is 25.4. The first kappa shape index (κ1) is 17.1. The Labute approximate surface area is 136 Å².